The van der Waals surface area contributed by atoms with Crippen LogP contribution in [0.5, 0.6) is 0 Å². The van der Waals surface area contributed by atoms with Crippen LogP contribution in [0, 0.1) is 5.92 Å². The molecule has 2 saturated heterocycles. The molecule has 2 atom stereocenters. The average Bonchev–Trinajstić information content (AvgIpc) is 2.14. The Morgan fingerprint density at radius 3 is 2.73 bits per heavy atom. The van der Waals surface area contributed by atoms with Gasteiger partial charge in [-0.2, -0.15) is 0 Å². The number of fused-ring (bicyclic) bond motifs is 3. The fraction of sp³-hybridized carbons (Fsp3) is 1.00. The van der Waals surface area contributed by atoms with Crippen molar-refractivity contribution in [3.63, 3.8) is 0 Å². The van der Waals surface area contributed by atoms with E-state index in [9.17, 15) is 0 Å². The van der Waals surface area contributed by atoms with Gasteiger partial charge in [-0.05, 0) is 5.92 Å². The van der Waals surface area contributed by atoms with E-state index in [4.69, 9.17) is 0 Å². The molecule has 1 saturated carbocycles. The highest BCUT2D eigenvalue weighted by molar-refractivity contribution is 6.46. The highest BCUT2D eigenvalue weighted by atomic mass is 14.4. The third-order valence-electron chi connectivity index (χ3n) is 4.15. The summed E-state index contributed by atoms with van der Waals surface area (Å²) in [5.41, 5.74) is 0. The van der Waals surface area contributed by atoms with E-state index in [0.717, 1.165) is 17.0 Å². The van der Waals surface area contributed by atoms with Crippen molar-refractivity contribution in [2.24, 2.45) is 5.92 Å². The zero-order valence-electron chi connectivity index (χ0n) is 7.90. The van der Waals surface area contributed by atoms with E-state index < -0.39 is 0 Å². The summed E-state index contributed by atoms with van der Waals surface area (Å²) < 4.78 is 0. The summed E-state index contributed by atoms with van der Waals surface area (Å²) in [7, 11) is 1.56. The summed E-state index contributed by atoms with van der Waals surface area (Å²) >= 11 is 0. The van der Waals surface area contributed by atoms with Crippen LogP contribution in [0.4, 0.5) is 0 Å². The lowest BCUT2D eigenvalue weighted by atomic mass is 9.28. The number of hydrogen-bond donors (Lipinski definition) is 0. The molecule has 2 unspecified atom stereocenters. The Bertz CT molecular complexity index is 139. The second kappa shape index (κ2) is 2.53. The molecule has 0 radical (unpaired) electrons. The fourth-order valence-corrected chi connectivity index (χ4v) is 3.17. The van der Waals surface area contributed by atoms with Crippen molar-refractivity contribution in [3.8, 4) is 0 Å². The normalized spacial score (nSPS) is 42.6. The summed E-state index contributed by atoms with van der Waals surface area (Å²) in [6.07, 6.45) is 7.65. The fourth-order valence-electron chi connectivity index (χ4n) is 3.17. The molecular weight excluding hydrogens is 131 g/mol. The van der Waals surface area contributed by atoms with Crippen LogP contribution in [0.15, 0.2) is 0 Å². The molecule has 1 aliphatic carbocycles. The van der Waals surface area contributed by atoms with Crippen LogP contribution < -0.4 is 0 Å². The Kier molecular flexibility index (Phi) is 1.77. The second-order valence-electron chi connectivity index (χ2n) is 5.04. The molecule has 1 heteroatoms. The standard InChI is InChI=1S/C10H19B/c1-8(2)10-6-4-3-5-9(7-10)11-10/h8-9,11H,3-7H2,1-2H3. The summed E-state index contributed by atoms with van der Waals surface area (Å²) in [5.74, 6) is 2.07. The van der Waals surface area contributed by atoms with Gasteiger partial charge in [-0.25, -0.2) is 0 Å². The molecule has 0 amide bonds. The lowest BCUT2D eigenvalue weighted by Crippen LogP contribution is -2.39. The lowest BCUT2D eigenvalue weighted by molar-refractivity contribution is 0.318. The largest absolute Gasteiger partial charge is 0.131 e. The quantitative estimate of drug-likeness (QED) is 0.504. The molecule has 0 N–H and O–H groups in total. The molecule has 0 aromatic heterocycles. The van der Waals surface area contributed by atoms with Gasteiger partial charge in [0.15, 0.2) is 0 Å². The first kappa shape index (κ1) is 7.70. The van der Waals surface area contributed by atoms with Gasteiger partial charge >= 0.3 is 0 Å². The van der Waals surface area contributed by atoms with Gasteiger partial charge in [0.25, 0.3) is 0 Å². The summed E-state index contributed by atoms with van der Waals surface area (Å²) in [6.45, 7) is 4.84. The monoisotopic (exact) mass is 150 g/mol. The van der Waals surface area contributed by atoms with Crippen molar-refractivity contribution in [1.29, 1.82) is 0 Å². The molecule has 2 bridgehead atoms. The van der Waals surface area contributed by atoms with Gasteiger partial charge in [-0.1, -0.05) is 57.1 Å². The second-order valence-corrected chi connectivity index (χ2v) is 5.04. The van der Waals surface area contributed by atoms with Crippen molar-refractivity contribution < 1.29 is 0 Å². The Balaban J connectivity index is 2.05. The van der Waals surface area contributed by atoms with Gasteiger partial charge in [-0.3, -0.25) is 0 Å². The van der Waals surface area contributed by atoms with Crippen LogP contribution in [0.2, 0.25) is 11.1 Å². The predicted molar refractivity (Wildman–Crippen MR) is 51.5 cm³/mol. The van der Waals surface area contributed by atoms with E-state index in [-0.39, 0.29) is 0 Å². The average molecular weight is 150 g/mol. The highest BCUT2D eigenvalue weighted by Crippen LogP contribution is 2.60. The topological polar surface area (TPSA) is 0 Å². The van der Waals surface area contributed by atoms with Gasteiger partial charge in [-0.15, -0.1) is 0 Å². The molecule has 2 heterocycles. The molecular formula is C10H19B. The van der Waals surface area contributed by atoms with E-state index in [0.29, 0.717) is 0 Å². The van der Waals surface area contributed by atoms with Crippen LogP contribution >= 0.6 is 0 Å². The van der Waals surface area contributed by atoms with Crippen molar-refractivity contribution in [3.05, 3.63) is 0 Å². The van der Waals surface area contributed by atoms with E-state index >= 15 is 0 Å². The SMILES string of the molecule is CC(C)C12BC(CCCC1)C2. The molecule has 3 fully saturated rings. The highest BCUT2D eigenvalue weighted by Gasteiger charge is 2.47. The Hall–Kier alpha value is 0.0649. The number of rotatable bonds is 1. The van der Waals surface area contributed by atoms with E-state index in [1.165, 1.54) is 25.7 Å². The molecule has 2 aliphatic heterocycles. The Labute approximate surface area is 71.0 Å². The smallest absolute Gasteiger partial charge is 0.0652 e. The molecule has 62 valence electrons. The first-order valence-electron chi connectivity index (χ1n) is 5.23. The van der Waals surface area contributed by atoms with E-state index in [1.807, 2.05) is 0 Å². The van der Waals surface area contributed by atoms with Crippen molar-refractivity contribution in [2.45, 2.75) is 57.1 Å². The minimum absolute atomic E-state index is 0.807. The van der Waals surface area contributed by atoms with Crippen molar-refractivity contribution >= 4 is 7.28 Å². The van der Waals surface area contributed by atoms with E-state index in [1.54, 1.807) is 13.7 Å². The maximum Gasteiger partial charge on any atom is 0.131 e. The summed E-state index contributed by atoms with van der Waals surface area (Å²) in [4.78, 5) is 0. The lowest BCUT2D eigenvalue weighted by Gasteiger charge is -2.48. The first-order chi connectivity index (χ1) is 5.23. The van der Waals surface area contributed by atoms with Gasteiger partial charge in [0.05, 0.1) is 0 Å². The summed E-state index contributed by atoms with van der Waals surface area (Å²) in [6, 6.07) is 0. The van der Waals surface area contributed by atoms with Crippen LogP contribution in [0.25, 0.3) is 0 Å². The van der Waals surface area contributed by atoms with E-state index in [2.05, 4.69) is 13.8 Å². The molecule has 11 heavy (non-hydrogen) atoms. The molecule has 3 aliphatic rings. The third kappa shape index (κ3) is 1.13. The Morgan fingerprint density at radius 2 is 2.09 bits per heavy atom. The zero-order valence-corrected chi connectivity index (χ0v) is 7.90. The first-order valence-corrected chi connectivity index (χ1v) is 5.23. The molecule has 0 spiro atoms. The Morgan fingerprint density at radius 1 is 1.36 bits per heavy atom. The van der Waals surface area contributed by atoms with Gasteiger partial charge < -0.3 is 0 Å². The maximum atomic E-state index is 2.42. The van der Waals surface area contributed by atoms with Crippen LogP contribution in [0.1, 0.15) is 46.0 Å². The summed E-state index contributed by atoms with van der Waals surface area (Å²) in [5, 5.41) is 0.807. The van der Waals surface area contributed by atoms with Crippen LogP contribution in [0.3, 0.4) is 0 Å². The van der Waals surface area contributed by atoms with Crippen molar-refractivity contribution in [1.82, 2.24) is 0 Å². The van der Waals surface area contributed by atoms with Crippen molar-refractivity contribution in [2.75, 3.05) is 0 Å². The molecule has 0 nitrogen and oxygen atoms in total. The third-order valence-corrected chi connectivity index (χ3v) is 4.15. The maximum absolute atomic E-state index is 2.42. The van der Waals surface area contributed by atoms with Gasteiger partial charge in [0.2, 0.25) is 0 Å². The zero-order chi connectivity index (χ0) is 7.90. The molecule has 0 aromatic carbocycles. The molecule has 0 aromatic rings. The minimum Gasteiger partial charge on any atom is -0.0652 e. The van der Waals surface area contributed by atoms with Gasteiger partial charge in [0.1, 0.15) is 7.28 Å². The molecule has 3 rings (SSSR count). The van der Waals surface area contributed by atoms with Crippen LogP contribution in [-0.4, -0.2) is 7.28 Å². The predicted octanol–water partition coefficient (Wildman–Crippen LogP) is 3.00. The van der Waals surface area contributed by atoms with Crippen LogP contribution in [-0.2, 0) is 0 Å². The number of hydrogen-bond acceptors (Lipinski definition) is 0. The van der Waals surface area contributed by atoms with Gasteiger partial charge in [0, 0.05) is 0 Å². The minimum atomic E-state index is 0.807.